The molecule has 2 aromatic rings. The Bertz CT molecular complexity index is 771. The van der Waals surface area contributed by atoms with Crippen LogP contribution in [0.3, 0.4) is 0 Å². The van der Waals surface area contributed by atoms with Crippen molar-refractivity contribution >= 4 is 11.8 Å². The number of carbonyl (C=O) groups excluding carboxylic acids is 2. The lowest BCUT2D eigenvalue weighted by atomic mass is 10.1. The summed E-state index contributed by atoms with van der Waals surface area (Å²) in [4.78, 5) is 37.1. The van der Waals surface area contributed by atoms with Crippen molar-refractivity contribution in [2.45, 2.75) is 12.6 Å². The first-order valence-corrected chi connectivity index (χ1v) is 8.18. The summed E-state index contributed by atoms with van der Waals surface area (Å²) in [6, 6.07) is 1.30. The molecule has 9 nitrogen and oxygen atoms in total. The minimum Gasteiger partial charge on any atom is -0.378 e. The van der Waals surface area contributed by atoms with Crippen LogP contribution in [-0.2, 0) is 16.1 Å². The van der Waals surface area contributed by atoms with Gasteiger partial charge in [-0.2, -0.15) is 5.10 Å². The number of rotatable bonds is 2. The molecule has 9 heteroatoms. The highest BCUT2D eigenvalue weighted by atomic mass is 16.5. The van der Waals surface area contributed by atoms with Crippen LogP contribution >= 0.6 is 0 Å². The molecule has 130 valence electrons. The second kappa shape index (κ2) is 6.60. The Morgan fingerprint density at radius 2 is 1.96 bits per heavy atom. The molecule has 0 N–H and O–H groups in total. The fraction of sp³-hybridized carbons (Fsp3) is 0.438. The number of morpholine rings is 1. The van der Waals surface area contributed by atoms with Gasteiger partial charge in [0.05, 0.1) is 38.2 Å². The van der Waals surface area contributed by atoms with Gasteiger partial charge >= 0.3 is 0 Å². The molecule has 1 atom stereocenters. The maximum atomic E-state index is 13.0. The fourth-order valence-corrected chi connectivity index (χ4v) is 3.20. The van der Waals surface area contributed by atoms with Crippen molar-refractivity contribution < 1.29 is 14.3 Å². The molecular weight excluding hydrogens is 324 g/mol. The van der Waals surface area contributed by atoms with E-state index in [1.165, 1.54) is 18.6 Å². The van der Waals surface area contributed by atoms with Gasteiger partial charge in [-0.1, -0.05) is 0 Å². The van der Waals surface area contributed by atoms with Gasteiger partial charge in [-0.05, 0) is 6.07 Å². The van der Waals surface area contributed by atoms with Gasteiger partial charge in [-0.25, -0.2) is 4.98 Å². The van der Waals surface area contributed by atoms with Crippen LogP contribution in [0, 0.1) is 0 Å². The van der Waals surface area contributed by atoms with E-state index in [9.17, 15) is 9.59 Å². The smallest absolute Gasteiger partial charge is 0.274 e. The zero-order valence-corrected chi connectivity index (χ0v) is 13.6. The topological polar surface area (TPSA) is 93.5 Å². The average Bonchev–Trinajstić information content (AvgIpc) is 3.16. The van der Waals surface area contributed by atoms with Crippen molar-refractivity contribution in [3.05, 3.63) is 42.2 Å². The Morgan fingerprint density at radius 3 is 2.72 bits per heavy atom. The van der Waals surface area contributed by atoms with Gasteiger partial charge in [0.2, 0.25) is 5.91 Å². The number of fused-ring (bicyclic) bond motifs is 1. The number of nitrogens with zero attached hydrogens (tertiary/aromatic N) is 6. The molecule has 2 aliphatic heterocycles. The van der Waals surface area contributed by atoms with Crippen LogP contribution in [0.5, 0.6) is 0 Å². The van der Waals surface area contributed by atoms with Gasteiger partial charge in [-0.15, -0.1) is 0 Å². The first-order valence-electron chi connectivity index (χ1n) is 8.18. The molecule has 1 saturated heterocycles. The fourth-order valence-electron chi connectivity index (χ4n) is 3.20. The van der Waals surface area contributed by atoms with Gasteiger partial charge in [0.1, 0.15) is 11.7 Å². The van der Waals surface area contributed by atoms with Crippen molar-refractivity contribution in [2.24, 2.45) is 0 Å². The van der Waals surface area contributed by atoms with Crippen LogP contribution < -0.4 is 0 Å². The van der Waals surface area contributed by atoms with E-state index < -0.39 is 6.04 Å². The Morgan fingerprint density at radius 1 is 1.12 bits per heavy atom. The zero-order valence-electron chi connectivity index (χ0n) is 13.6. The van der Waals surface area contributed by atoms with Gasteiger partial charge in [0.25, 0.3) is 5.91 Å². The van der Waals surface area contributed by atoms with Gasteiger partial charge in [0.15, 0.2) is 0 Å². The minimum absolute atomic E-state index is 0.0371. The van der Waals surface area contributed by atoms with Crippen molar-refractivity contribution in [3.8, 4) is 0 Å². The molecule has 0 unspecified atom stereocenters. The highest BCUT2D eigenvalue weighted by Gasteiger charge is 2.36. The van der Waals surface area contributed by atoms with E-state index in [0.29, 0.717) is 32.8 Å². The van der Waals surface area contributed by atoms with Crippen molar-refractivity contribution in [1.82, 2.24) is 29.5 Å². The second-order valence-corrected chi connectivity index (χ2v) is 6.00. The maximum absolute atomic E-state index is 13.0. The van der Waals surface area contributed by atoms with E-state index in [2.05, 4.69) is 15.1 Å². The number of amides is 2. The summed E-state index contributed by atoms with van der Waals surface area (Å²) in [7, 11) is 0. The lowest BCUT2D eigenvalue weighted by Crippen LogP contribution is -2.50. The van der Waals surface area contributed by atoms with Gasteiger partial charge in [0, 0.05) is 31.7 Å². The van der Waals surface area contributed by atoms with Crippen LogP contribution in [0.1, 0.15) is 22.2 Å². The first kappa shape index (κ1) is 15.7. The monoisotopic (exact) mass is 342 g/mol. The molecular formula is C16H18N6O3. The number of ether oxygens (including phenoxy) is 1. The van der Waals surface area contributed by atoms with E-state index in [0.717, 1.165) is 5.69 Å². The number of hydrogen-bond acceptors (Lipinski definition) is 6. The summed E-state index contributed by atoms with van der Waals surface area (Å²) < 4.78 is 7.03. The Balaban J connectivity index is 1.59. The third kappa shape index (κ3) is 2.98. The van der Waals surface area contributed by atoms with Gasteiger partial charge in [-0.3, -0.25) is 19.3 Å². The van der Waals surface area contributed by atoms with Crippen LogP contribution in [0.15, 0.2) is 30.9 Å². The predicted molar refractivity (Wildman–Crippen MR) is 85.4 cm³/mol. The minimum atomic E-state index is -0.530. The zero-order chi connectivity index (χ0) is 17.2. The number of aromatic nitrogens is 4. The Kier molecular flexibility index (Phi) is 4.14. The maximum Gasteiger partial charge on any atom is 0.274 e. The molecule has 1 fully saturated rings. The van der Waals surface area contributed by atoms with Crippen LogP contribution in [0.2, 0.25) is 0 Å². The normalized spacial score (nSPS) is 20.2. The lowest BCUT2D eigenvalue weighted by molar-refractivity contribution is -0.140. The number of carbonyl (C=O) groups is 2. The first-order chi connectivity index (χ1) is 12.2. The van der Waals surface area contributed by atoms with E-state index in [-0.39, 0.29) is 24.1 Å². The van der Waals surface area contributed by atoms with Crippen molar-refractivity contribution in [1.29, 1.82) is 0 Å². The molecule has 0 aromatic carbocycles. The van der Waals surface area contributed by atoms with E-state index >= 15 is 0 Å². The molecule has 0 radical (unpaired) electrons. The van der Waals surface area contributed by atoms with Crippen LogP contribution in [0.4, 0.5) is 0 Å². The molecule has 0 spiro atoms. The summed E-state index contributed by atoms with van der Waals surface area (Å²) in [6.07, 6.45) is 6.10. The van der Waals surface area contributed by atoms with Crippen molar-refractivity contribution in [2.75, 3.05) is 32.8 Å². The highest BCUT2D eigenvalue weighted by Crippen LogP contribution is 2.23. The van der Waals surface area contributed by atoms with Crippen LogP contribution in [-0.4, -0.2) is 74.2 Å². The Labute approximate surface area is 144 Å². The summed E-state index contributed by atoms with van der Waals surface area (Å²) in [5.74, 6) is -0.273. The number of hydrogen-bond donors (Lipinski definition) is 0. The molecule has 2 amide bonds. The molecule has 0 saturated carbocycles. The SMILES string of the molecule is O=C(c1cnccn1)N1Cc2ccnn2[C@H](C(=O)N2CCOCC2)C1. The largest absolute Gasteiger partial charge is 0.378 e. The summed E-state index contributed by atoms with van der Waals surface area (Å²) >= 11 is 0. The lowest BCUT2D eigenvalue weighted by Gasteiger charge is -2.36. The molecule has 4 rings (SSSR count). The highest BCUT2D eigenvalue weighted by molar-refractivity contribution is 5.92. The molecule has 4 heterocycles. The van der Waals surface area contributed by atoms with Crippen LogP contribution in [0.25, 0.3) is 0 Å². The summed E-state index contributed by atoms with van der Waals surface area (Å²) in [5.41, 5.74) is 1.10. The average molecular weight is 342 g/mol. The van der Waals surface area contributed by atoms with Gasteiger partial charge < -0.3 is 14.5 Å². The molecule has 25 heavy (non-hydrogen) atoms. The predicted octanol–water partition coefficient (Wildman–Crippen LogP) is -0.271. The second-order valence-electron chi connectivity index (χ2n) is 6.00. The standard InChI is InChI=1S/C16H18N6O3/c23-15(13-9-17-3-4-18-13)21-10-12-1-2-19-22(12)14(11-21)16(24)20-5-7-25-8-6-20/h1-4,9,14H,5-8,10-11H2/t14-/m0/s1. The van der Waals surface area contributed by atoms with E-state index in [4.69, 9.17) is 4.74 Å². The quantitative estimate of drug-likeness (QED) is 0.746. The molecule has 0 aliphatic carbocycles. The molecule has 2 aliphatic rings. The third-order valence-electron chi connectivity index (χ3n) is 4.47. The van der Waals surface area contributed by atoms with E-state index in [1.807, 2.05) is 6.07 Å². The summed E-state index contributed by atoms with van der Waals surface area (Å²) in [5, 5.41) is 4.29. The summed E-state index contributed by atoms with van der Waals surface area (Å²) in [6.45, 7) is 2.84. The Hall–Kier alpha value is -2.81. The third-order valence-corrected chi connectivity index (χ3v) is 4.47. The molecule has 2 aromatic heterocycles. The molecule has 0 bridgehead atoms. The van der Waals surface area contributed by atoms with Crippen molar-refractivity contribution in [3.63, 3.8) is 0 Å². The van der Waals surface area contributed by atoms with E-state index in [1.54, 1.807) is 20.7 Å².